The van der Waals surface area contributed by atoms with Gasteiger partial charge in [-0.2, -0.15) is 0 Å². The quantitative estimate of drug-likeness (QED) is 0.249. The monoisotopic (exact) mass is 405 g/mol. The summed E-state index contributed by atoms with van der Waals surface area (Å²) in [7, 11) is 0. The molecule has 0 amide bonds. The summed E-state index contributed by atoms with van der Waals surface area (Å²) in [6, 6.07) is 39.4. The van der Waals surface area contributed by atoms with E-state index in [1.165, 1.54) is 59.6 Å². The van der Waals surface area contributed by atoms with E-state index < -0.39 is 0 Å². The maximum Gasteiger partial charge on any atom is 0.0786 e. The number of benzene rings is 6. The number of pyridine rings is 1. The summed E-state index contributed by atoms with van der Waals surface area (Å²) >= 11 is 0. The summed E-state index contributed by atoms with van der Waals surface area (Å²) in [5.41, 5.74) is 3.59. The number of hydrogen-bond acceptors (Lipinski definition) is 1. The number of aromatic nitrogens is 1. The molecule has 0 unspecified atom stereocenters. The highest BCUT2D eigenvalue weighted by Gasteiger charge is 2.15. The fourth-order valence-corrected chi connectivity index (χ4v) is 5.22. The van der Waals surface area contributed by atoms with Crippen molar-refractivity contribution < 1.29 is 0 Å². The zero-order valence-electron chi connectivity index (χ0n) is 17.4. The summed E-state index contributed by atoms with van der Waals surface area (Å²) in [5.74, 6) is 0. The summed E-state index contributed by atoms with van der Waals surface area (Å²) < 4.78 is 0. The van der Waals surface area contributed by atoms with Crippen LogP contribution in [-0.4, -0.2) is 4.98 Å². The van der Waals surface area contributed by atoms with Crippen LogP contribution in [-0.2, 0) is 0 Å². The molecule has 0 radical (unpaired) electrons. The lowest BCUT2D eigenvalue weighted by Gasteiger charge is -2.16. The van der Waals surface area contributed by atoms with Gasteiger partial charge in [0, 0.05) is 17.0 Å². The van der Waals surface area contributed by atoms with Crippen LogP contribution < -0.4 is 0 Å². The third-order valence-corrected chi connectivity index (χ3v) is 6.65. The molecule has 1 heterocycles. The molecule has 0 N–H and O–H groups in total. The molecule has 0 fully saturated rings. The van der Waals surface area contributed by atoms with Crippen molar-refractivity contribution in [2.24, 2.45) is 0 Å². The summed E-state index contributed by atoms with van der Waals surface area (Å²) in [6.07, 6.45) is 1.90. The first kappa shape index (κ1) is 17.5. The van der Waals surface area contributed by atoms with Gasteiger partial charge in [-0.25, -0.2) is 0 Å². The van der Waals surface area contributed by atoms with Gasteiger partial charge in [0.05, 0.1) is 5.52 Å². The Balaban J connectivity index is 1.72. The van der Waals surface area contributed by atoms with Gasteiger partial charge >= 0.3 is 0 Å². The Morgan fingerprint density at radius 1 is 0.438 bits per heavy atom. The van der Waals surface area contributed by atoms with Crippen LogP contribution in [0.1, 0.15) is 0 Å². The van der Waals surface area contributed by atoms with E-state index in [9.17, 15) is 0 Å². The molecule has 1 heteroatoms. The van der Waals surface area contributed by atoms with Gasteiger partial charge in [0.25, 0.3) is 0 Å². The van der Waals surface area contributed by atoms with Gasteiger partial charge < -0.3 is 0 Å². The Morgan fingerprint density at radius 2 is 1.12 bits per heavy atom. The fourth-order valence-electron chi connectivity index (χ4n) is 5.22. The van der Waals surface area contributed by atoms with Gasteiger partial charge in [0.15, 0.2) is 0 Å². The van der Waals surface area contributed by atoms with Crippen molar-refractivity contribution >= 4 is 54.0 Å². The molecule has 1 aromatic heterocycles. The second-order valence-corrected chi connectivity index (χ2v) is 8.40. The van der Waals surface area contributed by atoms with E-state index in [0.29, 0.717) is 0 Å². The Bertz CT molecular complexity index is 1830. The highest BCUT2D eigenvalue weighted by atomic mass is 14.6. The maximum absolute atomic E-state index is 4.78. The van der Waals surface area contributed by atoms with E-state index in [1.807, 2.05) is 12.3 Å². The van der Waals surface area contributed by atoms with Crippen molar-refractivity contribution in [3.63, 3.8) is 0 Å². The fraction of sp³-hybridized carbons (Fsp3) is 0. The number of hydrogen-bond donors (Lipinski definition) is 0. The van der Waals surface area contributed by atoms with Crippen molar-refractivity contribution in [1.82, 2.24) is 4.98 Å². The van der Waals surface area contributed by atoms with Crippen molar-refractivity contribution in [2.75, 3.05) is 0 Å². The van der Waals surface area contributed by atoms with Crippen LogP contribution in [0.25, 0.3) is 65.1 Å². The van der Waals surface area contributed by atoms with Crippen LogP contribution in [0, 0.1) is 0 Å². The lowest BCUT2D eigenvalue weighted by Crippen LogP contribution is -1.90. The lowest BCUT2D eigenvalue weighted by molar-refractivity contribution is 1.43. The Labute approximate surface area is 185 Å². The van der Waals surface area contributed by atoms with Gasteiger partial charge in [0.2, 0.25) is 0 Å². The molecule has 1 nitrogen and oxygen atoms in total. The van der Waals surface area contributed by atoms with Crippen molar-refractivity contribution in [3.8, 4) is 11.1 Å². The van der Waals surface area contributed by atoms with Gasteiger partial charge in [-0.05, 0) is 67.0 Å². The SMILES string of the molecule is c1ccc2cc(-c3cc4c5ccccc5c5ncccc5c4c4ccccc34)ccc2c1. The third-order valence-electron chi connectivity index (χ3n) is 6.65. The minimum Gasteiger partial charge on any atom is -0.256 e. The van der Waals surface area contributed by atoms with Gasteiger partial charge in [-0.15, -0.1) is 0 Å². The number of nitrogens with zero attached hydrogens (tertiary/aromatic N) is 1. The standard InChI is InChI=1S/C31H19N/c1-2-9-21-18-22(16-15-20(21)8-1)28-19-29-24-11-4-6-13-26(24)31-27(14-7-17-32-31)30(29)25-12-5-3-10-23(25)28/h1-19H. The zero-order valence-corrected chi connectivity index (χ0v) is 17.4. The van der Waals surface area contributed by atoms with Crippen LogP contribution in [0.15, 0.2) is 115 Å². The average molecular weight is 406 g/mol. The van der Waals surface area contributed by atoms with E-state index in [2.05, 4.69) is 103 Å². The maximum atomic E-state index is 4.78. The second-order valence-electron chi connectivity index (χ2n) is 8.40. The van der Waals surface area contributed by atoms with Crippen LogP contribution in [0.3, 0.4) is 0 Å². The van der Waals surface area contributed by atoms with E-state index in [4.69, 9.17) is 4.98 Å². The molecular weight excluding hydrogens is 386 g/mol. The number of rotatable bonds is 1. The van der Waals surface area contributed by atoms with E-state index in [1.54, 1.807) is 0 Å². The van der Waals surface area contributed by atoms with Crippen molar-refractivity contribution in [1.29, 1.82) is 0 Å². The molecule has 7 aromatic rings. The topological polar surface area (TPSA) is 12.9 Å². The molecule has 0 saturated carbocycles. The molecule has 0 aliphatic rings. The summed E-state index contributed by atoms with van der Waals surface area (Å²) in [4.78, 5) is 4.78. The largest absolute Gasteiger partial charge is 0.256 e. The minimum absolute atomic E-state index is 1.07. The Hall–Kier alpha value is -4.23. The first-order valence-corrected chi connectivity index (χ1v) is 11.0. The van der Waals surface area contributed by atoms with E-state index in [0.717, 1.165) is 5.52 Å². The molecule has 0 aliphatic heterocycles. The third kappa shape index (κ3) is 2.42. The smallest absolute Gasteiger partial charge is 0.0786 e. The second kappa shape index (κ2) is 6.63. The lowest BCUT2D eigenvalue weighted by atomic mass is 9.88. The average Bonchev–Trinajstić information content (AvgIpc) is 2.88. The van der Waals surface area contributed by atoms with Crippen LogP contribution >= 0.6 is 0 Å². The van der Waals surface area contributed by atoms with Crippen LogP contribution in [0.4, 0.5) is 0 Å². The Morgan fingerprint density at radius 3 is 2.00 bits per heavy atom. The molecule has 0 bridgehead atoms. The molecule has 0 aliphatic carbocycles. The van der Waals surface area contributed by atoms with Gasteiger partial charge in [-0.1, -0.05) is 91.0 Å². The molecule has 148 valence electrons. The predicted octanol–water partition coefficient (Wildman–Crippen LogP) is 8.51. The first-order chi connectivity index (χ1) is 15.9. The van der Waals surface area contributed by atoms with Crippen LogP contribution in [0.5, 0.6) is 0 Å². The molecule has 7 rings (SSSR count). The van der Waals surface area contributed by atoms with Crippen molar-refractivity contribution in [3.05, 3.63) is 115 Å². The van der Waals surface area contributed by atoms with E-state index in [-0.39, 0.29) is 0 Å². The van der Waals surface area contributed by atoms with Crippen molar-refractivity contribution in [2.45, 2.75) is 0 Å². The Kier molecular flexibility index (Phi) is 3.62. The van der Waals surface area contributed by atoms with Crippen LogP contribution in [0.2, 0.25) is 0 Å². The normalized spacial score (nSPS) is 11.8. The molecule has 0 atom stereocenters. The first-order valence-electron chi connectivity index (χ1n) is 11.0. The molecule has 0 spiro atoms. The van der Waals surface area contributed by atoms with E-state index >= 15 is 0 Å². The summed E-state index contributed by atoms with van der Waals surface area (Å²) in [6.45, 7) is 0. The summed E-state index contributed by atoms with van der Waals surface area (Å²) in [5, 5.41) is 11.3. The highest BCUT2D eigenvalue weighted by molar-refractivity contribution is 6.32. The minimum atomic E-state index is 1.07. The highest BCUT2D eigenvalue weighted by Crippen LogP contribution is 2.42. The predicted molar refractivity (Wildman–Crippen MR) is 137 cm³/mol. The number of fused-ring (bicyclic) bond motifs is 9. The molecule has 0 saturated heterocycles. The van der Waals surface area contributed by atoms with Gasteiger partial charge in [-0.3, -0.25) is 4.98 Å². The van der Waals surface area contributed by atoms with Gasteiger partial charge in [0.1, 0.15) is 0 Å². The zero-order chi connectivity index (χ0) is 21.1. The molecular formula is C31H19N. The molecule has 32 heavy (non-hydrogen) atoms. The molecule has 6 aromatic carbocycles.